The van der Waals surface area contributed by atoms with E-state index < -0.39 is 7.26 Å². The third-order valence-corrected chi connectivity index (χ3v) is 8.76. The molecule has 1 aliphatic rings. The Kier molecular flexibility index (Phi) is 10.2. The van der Waals surface area contributed by atoms with E-state index in [0.29, 0.717) is 17.6 Å². The third kappa shape index (κ3) is 8.18. The second-order valence-corrected chi connectivity index (χ2v) is 16.9. The summed E-state index contributed by atoms with van der Waals surface area (Å²) in [5, 5.41) is 16.6. The summed E-state index contributed by atoms with van der Waals surface area (Å²) in [5.74, 6) is 0.439. The molecule has 1 saturated heterocycles. The van der Waals surface area contributed by atoms with Gasteiger partial charge in [-0.25, -0.2) is 0 Å². The summed E-state index contributed by atoms with van der Waals surface area (Å²) >= 11 is 13.0. The molecule has 8 heteroatoms. The molecular formula is C28H36Cl2N3O2P. The van der Waals surface area contributed by atoms with E-state index in [4.69, 9.17) is 23.2 Å². The van der Waals surface area contributed by atoms with Gasteiger partial charge in [-0.15, -0.1) is 0 Å². The van der Waals surface area contributed by atoms with E-state index in [1.54, 1.807) is 18.2 Å². The summed E-state index contributed by atoms with van der Waals surface area (Å²) in [6.45, 7) is 13.0. The molecule has 2 aromatic carbocycles. The number of hydrogen-bond acceptors (Lipinski definition) is 4. The van der Waals surface area contributed by atoms with Gasteiger partial charge in [-0.05, 0) is 0 Å². The summed E-state index contributed by atoms with van der Waals surface area (Å²) < 4.78 is 0. The van der Waals surface area contributed by atoms with E-state index in [0.717, 1.165) is 35.5 Å². The molecule has 194 valence electrons. The Morgan fingerprint density at radius 3 is 2.58 bits per heavy atom. The molecule has 5 nitrogen and oxygen atoms in total. The molecule has 0 amide bonds. The Hall–Kier alpha value is -2.17. The normalized spacial score (nSPS) is 21.0. The van der Waals surface area contributed by atoms with E-state index >= 15 is 0 Å². The van der Waals surface area contributed by atoms with E-state index in [1.165, 1.54) is 6.07 Å². The van der Waals surface area contributed by atoms with Gasteiger partial charge in [0.2, 0.25) is 0 Å². The first-order valence-electron chi connectivity index (χ1n) is 12.2. The first-order valence-corrected chi connectivity index (χ1v) is 16.7. The molecule has 3 rings (SSSR count). The maximum absolute atomic E-state index is 11.4. The van der Waals surface area contributed by atoms with Crippen molar-refractivity contribution in [2.75, 3.05) is 44.1 Å². The summed E-state index contributed by atoms with van der Waals surface area (Å²) in [6.07, 6.45) is 8.65. The molecule has 1 aliphatic heterocycles. The third-order valence-electron chi connectivity index (χ3n) is 6.44. The number of nitrogens with zero attached hydrogens (tertiary/aromatic N) is 2. The number of non-ortho nitro benzene ring substituents is 1. The Bertz CT molecular complexity index is 1110. The minimum atomic E-state index is -1.35. The Labute approximate surface area is 225 Å². The number of nitro groups is 1. The predicted molar refractivity (Wildman–Crippen MR) is 159 cm³/mol. The molecule has 2 aromatic rings. The number of anilines is 1. The Balaban J connectivity index is 1.97. The van der Waals surface area contributed by atoms with Crippen LogP contribution < -0.4 is 10.2 Å². The van der Waals surface area contributed by atoms with Crippen LogP contribution in [0.5, 0.6) is 0 Å². The van der Waals surface area contributed by atoms with Crippen molar-refractivity contribution in [2.24, 2.45) is 11.8 Å². The average Bonchev–Trinajstić information content (AvgIpc) is 3.20. The first kappa shape index (κ1) is 28.4. The standard InChI is InChI=1S/C28H36Cl2N3O2P/c1-5-6-7-11-27(30)25-17-31-28(20-36(2,3)4)26(25)19-32(23-14-12-22(29)13-15-23)18-21-9-8-10-24(16-21)33(34)35/h5-16,25-26,28,31,36H,1,17-20H2,2-4H3/b7-6-,27-11-. The van der Waals surface area contributed by atoms with Crippen molar-refractivity contribution in [1.82, 2.24) is 5.32 Å². The number of nitro benzene ring substituents is 1. The van der Waals surface area contributed by atoms with Crippen molar-refractivity contribution in [3.05, 3.63) is 105 Å². The molecule has 0 saturated carbocycles. The fourth-order valence-corrected chi connectivity index (χ4v) is 7.01. The zero-order chi connectivity index (χ0) is 26.3. The monoisotopic (exact) mass is 547 g/mol. The molecule has 1 heterocycles. The first-order chi connectivity index (χ1) is 17.1. The van der Waals surface area contributed by atoms with Crippen LogP contribution >= 0.6 is 30.5 Å². The molecule has 0 spiro atoms. The number of hydrogen-bond donors (Lipinski definition) is 1. The molecule has 0 aromatic heterocycles. The molecule has 1 fully saturated rings. The van der Waals surface area contributed by atoms with Crippen LogP contribution in [0.3, 0.4) is 0 Å². The quantitative estimate of drug-likeness (QED) is 0.143. The van der Waals surface area contributed by atoms with Crippen LogP contribution in [-0.2, 0) is 6.54 Å². The van der Waals surface area contributed by atoms with Gasteiger partial charge < -0.3 is 0 Å². The Morgan fingerprint density at radius 1 is 1.22 bits per heavy atom. The van der Waals surface area contributed by atoms with E-state index in [-0.39, 0.29) is 22.4 Å². The van der Waals surface area contributed by atoms with Crippen LogP contribution in [0.4, 0.5) is 11.4 Å². The zero-order valence-electron chi connectivity index (χ0n) is 21.2. The van der Waals surface area contributed by atoms with Crippen molar-refractivity contribution in [3.63, 3.8) is 0 Å². The van der Waals surface area contributed by atoms with Crippen molar-refractivity contribution in [2.45, 2.75) is 12.6 Å². The fourth-order valence-electron chi connectivity index (χ4n) is 4.81. The van der Waals surface area contributed by atoms with Crippen molar-refractivity contribution in [3.8, 4) is 0 Å². The van der Waals surface area contributed by atoms with Crippen molar-refractivity contribution in [1.29, 1.82) is 0 Å². The van der Waals surface area contributed by atoms with Crippen LogP contribution in [0.15, 0.2) is 84.4 Å². The number of halogens is 2. The summed E-state index contributed by atoms with van der Waals surface area (Å²) in [6, 6.07) is 15.0. The van der Waals surface area contributed by atoms with Gasteiger partial charge in [-0.3, -0.25) is 0 Å². The van der Waals surface area contributed by atoms with Gasteiger partial charge in [0.15, 0.2) is 0 Å². The van der Waals surface area contributed by atoms with Crippen LogP contribution in [0.25, 0.3) is 0 Å². The summed E-state index contributed by atoms with van der Waals surface area (Å²) in [7, 11) is -1.35. The summed E-state index contributed by atoms with van der Waals surface area (Å²) in [4.78, 5) is 13.3. The molecule has 3 unspecified atom stereocenters. The van der Waals surface area contributed by atoms with Gasteiger partial charge in [0.25, 0.3) is 0 Å². The molecule has 0 radical (unpaired) electrons. The number of benzene rings is 2. The van der Waals surface area contributed by atoms with Gasteiger partial charge >= 0.3 is 226 Å². The number of allylic oxidation sites excluding steroid dienone is 4. The fraction of sp³-hybridized carbons (Fsp3) is 0.357. The summed E-state index contributed by atoms with van der Waals surface area (Å²) in [5.41, 5.74) is 2.01. The predicted octanol–water partition coefficient (Wildman–Crippen LogP) is 6.96. The van der Waals surface area contributed by atoms with E-state index in [2.05, 4.69) is 36.8 Å². The van der Waals surface area contributed by atoms with Crippen LogP contribution in [-0.4, -0.2) is 50.2 Å². The molecular weight excluding hydrogens is 512 g/mol. The molecule has 3 atom stereocenters. The van der Waals surface area contributed by atoms with Crippen LogP contribution in [0.1, 0.15) is 5.56 Å². The van der Waals surface area contributed by atoms with Gasteiger partial charge in [-0.2, -0.15) is 0 Å². The second-order valence-electron chi connectivity index (χ2n) is 10.5. The number of nitrogens with one attached hydrogen (secondary N) is 1. The molecule has 0 bridgehead atoms. The van der Waals surface area contributed by atoms with Gasteiger partial charge in [0.05, 0.1) is 0 Å². The average molecular weight is 548 g/mol. The molecule has 0 aliphatic carbocycles. The maximum atomic E-state index is 11.4. The van der Waals surface area contributed by atoms with Crippen LogP contribution in [0, 0.1) is 22.0 Å². The SMILES string of the molecule is C=C/C=C\C=C(/Cl)C1CNC(C[PH](C)(C)C)C1CN(Cc1cccc([N+](=O)[O-])c1)c1ccc(Cl)cc1. The molecule has 36 heavy (non-hydrogen) atoms. The minimum absolute atomic E-state index is 0.0977. The number of rotatable bonds is 11. The van der Waals surface area contributed by atoms with Gasteiger partial charge in [0.1, 0.15) is 0 Å². The van der Waals surface area contributed by atoms with E-state index in [1.807, 2.05) is 48.6 Å². The topological polar surface area (TPSA) is 58.4 Å². The van der Waals surface area contributed by atoms with Gasteiger partial charge in [-0.1, -0.05) is 0 Å². The molecule has 1 N–H and O–H groups in total. The Morgan fingerprint density at radius 2 is 1.94 bits per heavy atom. The van der Waals surface area contributed by atoms with Crippen LogP contribution in [0.2, 0.25) is 5.02 Å². The van der Waals surface area contributed by atoms with Crippen molar-refractivity contribution < 1.29 is 4.92 Å². The second kappa shape index (κ2) is 12.9. The van der Waals surface area contributed by atoms with Crippen molar-refractivity contribution >= 4 is 41.8 Å². The van der Waals surface area contributed by atoms with E-state index in [9.17, 15) is 10.1 Å². The zero-order valence-corrected chi connectivity index (χ0v) is 23.7. The van der Waals surface area contributed by atoms with Gasteiger partial charge in [0, 0.05) is 0 Å².